The van der Waals surface area contributed by atoms with Crippen LogP contribution >= 0.6 is 22.9 Å². The van der Waals surface area contributed by atoms with Crippen molar-refractivity contribution in [2.45, 2.75) is 13.0 Å². The molecule has 0 aliphatic carbocycles. The third-order valence-electron chi connectivity index (χ3n) is 4.58. The van der Waals surface area contributed by atoms with E-state index in [2.05, 4.69) is 25.5 Å². The van der Waals surface area contributed by atoms with Crippen molar-refractivity contribution in [1.82, 2.24) is 20.2 Å². The number of carbonyl (C=O) groups excluding carboxylic acids is 1. The Hall–Kier alpha value is -2.86. The van der Waals surface area contributed by atoms with Crippen LogP contribution in [0.5, 0.6) is 10.9 Å². The third-order valence-corrected chi connectivity index (χ3v) is 5.54. The first-order valence-electron chi connectivity index (χ1n) is 9.67. The van der Waals surface area contributed by atoms with Gasteiger partial charge in [0, 0.05) is 18.0 Å². The molecule has 3 aromatic heterocycles. The van der Waals surface area contributed by atoms with Crippen LogP contribution in [0, 0.1) is 6.92 Å². The van der Waals surface area contributed by atoms with E-state index < -0.39 is 5.91 Å². The van der Waals surface area contributed by atoms with Crippen molar-refractivity contribution >= 4 is 34.0 Å². The molecule has 1 amide bonds. The zero-order valence-electron chi connectivity index (χ0n) is 17.3. The van der Waals surface area contributed by atoms with E-state index in [1.807, 2.05) is 0 Å². The Bertz CT molecular complexity index is 1110. The Morgan fingerprint density at radius 2 is 2.22 bits per heavy atom. The van der Waals surface area contributed by atoms with E-state index in [0.29, 0.717) is 58.3 Å². The topological polar surface area (TPSA) is 118 Å². The zero-order chi connectivity index (χ0) is 22.5. The first-order valence-corrected chi connectivity index (χ1v) is 10.9. The van der Waals surface area contributed by atoms with Gasteiger partial charge in [-0.2, -0.15) is 0 Å². The number of pyridine rings is 2. The molecule has 12 heteroatoms. The normalized spacial score (nSPS) is 15.9. The summed E-state index contributed by atoms with van der Waals surface area (Å²) in [6.45, 7) is 3.66. The van der Waals surface area contributed by atoms with Crippen LogP contribution in [0.25, 0.3) is 11.1 Å². The molecule has 0 aromatic carbocycles. The van der Waals surface area contributed by atoms with Gasteiger partial charge in [0.2, 0.25) is 5.13 Å². The van der Waals surface area contributed by atoms with Gasteiger partial charge in [-0.25, -0.2) is 4.98 Å². The maximum absolute atomic E-state index is 13.1. The highest BCUT2D eigenvalue weighted by atomic mass is 35.5. The van der Waals surface area contributed by atoms with Crippen LogP contribution in [-0.4, -0.2) is 65.7 Å². The van der Waals surface area contributed by atoms with Crippen molar-refractivity contribution in [3.8, 4) is 22.1 Å². The van der Waals surface area contributed by atoms with Gasteiger partial charge in [-0.05, 0) is 36.0 Å². The summed E-state index contributed by atoms with van der Waals surface area (Å²) in [5.41, 5.74) is 2.15. The number of nitrogens with one attached hydrogen (secondary N) is 1. The van der Waals surface area contributed by atoms with Crippen molar-refractivity contribution in [3.05, 3.63) is 40.9 Å². The highest BCUT2D eigenvalue weighted by Gasteiger charge is 2.22. The summed E-state index contributed by atoms with van der Waals surface area (Å²) in [7, 11) is 1.52. The average molecular weight is 478 g/mol. The van der Waals surface area contributed by atoms with Gasteiger partial charge in [-0.1, -0.05) is 16.7 Å². The molecule has 32 heavy (non-hydrogen) atoms. The zero-order valence-corrected chi connectivity index (χ0v) is 18.9. The molecular formula is C20H20ClN5O5S. The molecule has 1 aliphatic rings. The molecule has 1 saturated heterocycles. The Morgan fingerprint density at radius 1 is 1.34 bits per heavy atom. The third kappa shape index (κ3) is 5.13. The predicted octanol–water partition coefficient (Wildman–Crippen LogP) is 3.01. The SMILES string of the molecule is COc1c(C)ncc(C(=O)Nc2nnc(OC[C@H]3COCCO3)s2)c1-c1ccnc(Cl)c1. The monoisotopic (exact) mass is 477 g/mol. The lowest BCUT2D eigenvalue weighted by molar-refractivity contribution is -0.101. The summed E-state index contributed by atoms with van der Waals surface area (Å²) in [5.74, 6) is 0.0429. The van der Waals surface area contributed by atoms with Gasteiger partial charge in [-0.15, -0.1) is 5.10 Å². The maximum atomic E-state index is 13.1. The number of hydrogen-bond donors (Lipinski definition) is 1. The number of aromatic nitrogens is 4. The van der Waals surface area contributed by atoms with Gasteiger partial charge in [0.1, 0.15) is 23.6 Å². The molecule has 0 unspecified atom stereocenters. The van der Waals surface area contributed by atoms with Crippen molar-refractivity contribution in [3.63, 3.8) is 0 Å². The average Bonchev–Trinajstić information content (AvgIpc) is 3.25. The van der Waals surface area contributed by atoms with Crippen molar-refractivity contribution in [2.24, 2.45) is 0 Å². The molecule has 10 nitrogen and oxygen atoms in total. The van der Waals surface area contributed by atoms with E-state index in [1.165, 1.54) is 13.3 Å². The van der Waals surface area contributed by atoms with Gasteiger partial charge in [-0.3, -0.25) is 15.1 Å². The number of halogens is 1. The van der Waals surface area contributed by atoms with Crippen LogP contribution in [0.1, 0.15) is 16.1 Å². The lowest BCUT2D eigenvalue weighted by Gasteiger charge is -2.22. The summed E-state index contributed by atoms with van der Waals surface area (Å²) in [6.07, 6.45) is 2.88. The van der Waals surface area contributed by atoms with E-state index in [0.717, 1.165) is 11.3 Å². The van der Waals surface area contributed by atoms with Crippen LogP contribution in [0.2, 0.25) is 5.15 Å². The molecule has 0 radical (unpaired) electrons. The minimum Gasteiger partial charge on any atom is -0.494 e. The van der Waals surface area contributed by atoms with Crippen LogP contribution in [-0.2, 0) is 9.47 Å². The first kappa shape index (κ1) is 22.3. The predicted molar refractivity (Wildman–Crippen MR) is 118 cm³/mol. The molecule has 1 fully saturated rings. The molecule has 1 aliphatic heterocycles. The van der Waals surface area contributed by atoms with Crippen molar-refractivity contribution < 1.29 is 23.7 Å². The molecule has 1 N–H and O–H groups in total. The molecule has 0 spiro atoms. The van der Waals surface area contributed by atoms with E-state index in [-0.39, 0.29) is 17.8 Å². The minimum absolute atomic E-state index is 0.161. The minimum atomic E-state index is -0.426. The van der Waals surface area contributed by atoms with Crippen LogP contribution in [0.3, 0.4) is 0 Å². The van der Waals surface area contributed by atoms with Crippen LogP contribution in [0.4, 0.5) is 5.13 Å². The molecule has 4 heterocycles. The summed E-state index contributed by atoms with van der Waals surface area (Å²) in [5, 5.41) is 11.6. The molecule has 0 bridgehead atoms. The Morgan fingerprint density at radius 3 is 2.97 bits per heavy atom. The fraction of sp³-hybridized carbons (Fsp3) is 0.350. The van der Waals surface area contributed by atoms with E-state index in [1.54, 1.807) is 25.3 Å². The number of anilines is 1. The molecule has 4 rings (SSSR count). The van der Waals surface area contributed by atoms with Gasteiger partial charge in [0.15, 0.2) is 0 Å². The summed E-state index contributed by atoms with van der Waals surface area (Å²) >= 11 is 7.17. The Kier molecular flexibility index (Phi) is 7.10. The smallest absolute Gasteiger partial charge is 0.295 e. The van der Waals surface area contributed by atoms with Gasteiger partial charge in [0.05, 0.1) is 38.2 Å². The Labute approximate surface area is 192 Å². The highest BCUT2D eigenvalue weighted by Crippen LogP contribution is 2.36. The first-order chi connectivity index (χ1) is 15.5. The maximum Gasteiger partial charge on any atom is 0.295 e. The van der Waals surface area contributed by atoms with Gasteiger partial charge >= 0.3 is 0 Å². The summed E-state index contributed by atoms with van der Waals surface area (Å²) in [4.78, 5) is 21.4. The molecule has 3 aromatic rings. The van der Waals surface area contributed by atoms with E-state index >= 15 is 0 Å². The second-order valence-corrected chi connectivity index (χ2v) is 8.07. The molecular weight excluding hydrogens is 458 g/mol. The number of amides is 1. The Balaban J connectivity index is 1.53. The molecule has 1 atom stereocenters. The second kappa shape index (κ2) is 10.2. The summed E-state index contributed by atoms with van der Waals surface area (Å²) < 4.78 is 22.0. The number of aryl methyl sites for hydroxylation is 1. The second-order valence-electron chi connectivity index (χ2n) is 6.74. The van der Waals surface area contributed by atoms with Gasteiger partial charge in [0.25, 0.3) is 11.1 Å². The molecule has 168 valence electrons. The van der Waals surface area contributed by atoms with Crippen molar-refractivity contribution in [1.29, 1.82) is 0 Å². The largest absolute Gasteiger partial charge is 0.494 e. The van der Waals surface area contributed by atoms with Crippen molar-refractivity contribution in [2.75, 3.05) is 38.9 Å². The fourth-order valence-electron chi connectivity index (χ4n) is 3.13. The quantitative estimate of drug-likeness (QED) is 0.512. The van der Waals surface area contributed by atoms with Crippen LogP contribution < -0.4 is 14.8 Å². The van der Waals surface area contributed by atoms with Crippen LogP contribution in [0.15, 0.2) is 24.5 Å². The standard InChI is InChI=1S/C20H20ClN5O5S/c1-11-17(28-2)16(12-3-4-22-15(21)7-12)14(8-23-11)18(27)24-19-25-26-20(32-19)31-10-13-9-29-5-6-30-13/h3-4,7-8,13H,5-6,9-10H2,1-2H3,(H,24,25,27)/t13-/m1/s1. The lowest BCUT2D eigenvalue weighted by atomic mass is 9.99. The fourth-order valence-corrected chi connectivity index (χ4v) is 3.91. The number of carbonyl (C=O) groups is 1. The van der Waals surface area contributed by atoms with Gasteiger partial charge < -0.3 is 18.9 Å². The number of nitrogens with zero attached hydrogens (tertiary/aromatic N) is 4. The lowest BCUT2D eigenvalue weighted by Crippen LogP contribution is -2.33. The number of hydrogen-bond acceptors (Lipinski definition) is 10. The summed E-state index contributed by atoms with van der Waals surface area (Å²) in [6, 6.07) is 3.40. The molecule has 0 saturated carbocycles. The van der Waals surface area contributed by atoms with E-state index in [9.17, 15) is 4.79 Å². The van der Waals surface area contributed by atoms with E-state index in [4.69, 9.17) is 30.5 Å². The highest BCUT2D eigenvalue weighted by molar-refractivity contribution is 7.17. The number of ether oxygens (including phenoxy) is 4. The number of methoxy groups -OCH3 is 1. The number of rotatable bonds is 7.